The Kier molecular flexibility index (Phi) is 5.62. The summed E-state index contributed by atoms with van der Waals surface area (Å²) >= 11 is 3.45. The molecule has 0 fully saturated rings. The minimum atomic E-state index is -0.989. The van der Waals surface area contributed by atoms with E-state index in [9.17, 15) is 9.90 Å². The average Bonchev–Trinajstić information content (AvgIpc) is 2.40. The van der Waals surface area contributed by atoms with Gasteiger partial charge in [0.1, 0.15) is 0 Å². The van der Waals surface area contributed by atoms with Crippen molar-refractivity contribution in [3.63, 3.8) is 0 Å². The highest BCUT2D eigenvalue weighted by Crippen LogP contribution is 2.42. The second-order valence-corrected chi connectivity index (χ2v) is 4.77. The van der Waals surface area contributed by atoms with E-state index < -0.39 is 11.9 Å². The predicted octanol–water partition coefficient (Wildman–Crippen LogP) is 2.16. The molecular weight excluding hydrogens is 314 g/mol. The smallest absolute Gasteiger partial charge is 0.312 e. The van der Waals surface area contributed by atoms with E-state index in [1.807, 2.05) is 13.0 Å². The van der Waals surface area contributed by atoms with Crippen molar-refractivity contribution in [1.82, 2.24) is 0 Å². The van der Waals surface area contributed by atoms with Crippen LogP contribution in [0.4, 0.5) is 0 Å². The molecule has 0 aliphatic carbocycles. The second kappa shape index (κ2) is 6.77. The molecule has 19 heavy (non-hydrogen) atoms. The number of hydrogen-bond acceptors (Lipinski definition) is 4. The van der Waals surface area contributed by atoms with Gasteiger partial charge in [-0.15, -0.1) is 0 Å². The molecule has 0 bridgehead atoms. The summed E-state index contributed by atoms with van der Waals surface area (Å²) in [6.45, 7) is 1.97. The Balaban J connectivity index is 3.61. The third-order valence-electron chi connectivity index (χ3n) is 2.98. The van der Waals surface area contributed by atoms with E-state index in [2.05, 4.69) is 15.9 Å². The van der Waals surface area contributed by atoms with Crippen LogP contribution >= 0.6 is 15.9 Å². The molecule has 0 saturated carbocycles. The molecule has 1 atom stereocenters. The molecule has 0 aromatic heterocycles. The fourth-order valence-corrected chi connectivity index (χ4v) is 2.82. The highest BCUT2D eigenvalue weighted by atomic mass is 79.9. The third-order valence-corrected chi connectivity index (χ3v) is 3.92. The van der Waals surface area contributed by atoms with Crippen molar-refractivity contribution in [2.45, 2.75) is 19.3 Å². The van der Waals surface area contributed by atoms with E-state index in [4.69, 9.17) is 15.2 Å². The van der Waals surface area contributed by atoms with Gasteiger partial charge in [-0.1, -0.05) is 22.9 Å². The Morgan fingerprint density at radius 2 is 2.11 bits per heavy atom. The number of aryl methyl sites for hydroxylation is 1. The van der Waals surface area contributed by atoms with Crippen LogP contribution < -0.4 is 15.2 Å². The number of carboxylic acids is 1. The standard InChI is InChI=1S/C13H18BrNO4/c1-4-7-5-9(18-2)12(19-3)10(11(7)14)8(6-15)13(16)17/h5,8H,4,6,15H2,1-3H3,(H,16,17). The number of halogens is 1. The predicted molar refractivity (Wildman–Crippen MR) is 76.1 cm³/mol. The minimum Gasteiger partial charge on any atom is -0.493 e. The zero-order chi connectivity index (χ0) is 14.6. The number of nitrogens with two attached hydrogens (primary N) is 1. The van der Waals surface area contributed by atoms with Crippen molar-refractivity contribution < 1.29 is 19.4 Å². The molecule has 5 nitrogen and oxygen atoms in total. The lowest BCUT2D eigenvalue weighted by Gasteiger charge is -2.21. The van der Waals surface area contributed by atoms with Gasteiger partial charge in [0.25, 0.3) is 0 Å². The highest BCUT2D eigenvalue weighted by molar-refractivity contribution is 9.10. The van der Waals surface area contributed by atoms with Gasteiger partial charge in [-0.3, -0.25) is 4.79 Å². The molecule has 1 aromatic rings. The average molecular weight is 332 g/mol. The van der Waals surface area contributed by atoms with Crippen molar-refractivity contribution >= 4 is 21.9 Å². The Morgan fingerprint density at radius 3 is 2.47 bits per heavy atom. The maximum absolute atomic E-state index is 11.4. The first-order valence-electron chi connectivity index (χ1n) is 5.87. The van der Waals surface area contributed by atoms with Gasteiger partial charge in [-0.05, 0) is 18.1 Å². The summed E-state index contributed by atoms with van der Waals surface area (Å²) < 4.78 is 11.3. The molecule has 0 spiro atoms. The molecule has 6 heteroatoms. The summed E-state index contributed by atoms with van der Waals surface area (Å²) in [5, 5.41) is 9.30. The first kappa shape index (κ1) is 15.8. The van der Waals surface area contributed by atoms with Gasteiger partial charge in [0, 0.05) is 16.6 Å². The van der Waals surface area contributed by atoms with E-state index >= 15 is 0 Å². The van der Waals surface area contributed by atoms with E-state index in [1.54, 1.807) is 0 Å². The van der Waals surface area contributed by atoms with Gasteiger partial charge < -0.3 is 20.3 Å². The van der Waals surface area contributed by atoms with Gasteiger partial charge in [0.2, 0.25) is 0 Å². The molecule has 0 amide bonds. The zero-order valence-electron chi connectivity index (χ0n) is 11.2. The van der Waals surface area contributed by atoms with Gasteiger partial charge in [-0.25, -0.2) is 0 Å². The molecule has 1 unspecified atom stereocenters. The summed E-state index contributed by atoms with van der Waals surface area (Å²) in [6.07, 6.45) is 0.741. The number of carboxylic acid groups (broad SMARTS) is 1. The van der Waals surface area contributed by atoms with Gasteiger partial charge >= 0.3 is 5.97 Å². The second-order valence-electron chi connectivity index (χ2n) is 3.98. The van der Waals surface area contributed by atoms with Crippen molar-refractivity contribution in [2.24, 2.45) is 5.73 Å². The number of methoxy groups -OCH3 is 2. The van der Waals surface area contributed by atoms with Crippen molar-refractivity contribution in [3.8, 4) is 11.5 Å². The van der Waals surface area contributed by atoms with Crippen molar-refractivity contribution in [2.75, 3.05) is 20.8 Å². The van der Waals surface area contributed by atoms with Crippen molar-refractivity contribution in [3.05, 3.63) is 21.7 Å². The van der Waals surface area contributed by atoms with E-state index in [-0.39, 0.29) is 6.54 Å². The third kappa shape index (κ3) is 3.01. The van der Waals surface area contributed by atoms with Crippen LogP contribution in [0.15, 0.2) is 10.5 Å². The number of rotatable bonds is 6. The monoisotopic (exact) mass is 331 g/mol. The van der Waals surface area contributed by atoms with E-state index in [0.29, 0.717) is 21.5 Å². The van der Waals surface area contributed by atoms with Crippen LogP contribution in [0.1, 0.15) is 24.0 Å². The van der Waals surface area contributed by atoms with E-state index in [0.717, 1.165) is 12.0 Å². The lowest BCUT2D eigenvalue weighted by Crippen LogP contribution is -2.22. The summed E-state index contributed by atoms with van der Waals surface area (Å²) in [7, 11) is 3.00. The maximum Gasteiger partial charge on any atom is 0.312 e. The SMILES string of the molecule is CCc1cc(OC)c(OC)c(C(CN)C(=O)O)c1Br. The fraction of sp³-hybridized carbons (Fsp3) is 0.462. The Hall–Kier alpha value is -1.27. The molecule has 0 heterocycles. The van der Waals surface area contributed by atoms with Crippen LogP contribution in [0.5, 0.6) is 11.5 Å². The largest absolute Gasteiger partial charge is 0.493 e. The van der Waals surface area contributed by atoms with Crippen LogP contribution in [-0.4, -0.2) is 31.8 Å². The molecule has 1 aromatic carbocycles. The molecule has 3 N–H and O–H groups in total. The number of ether oxygens (including phenoxy) is 2. The maximum atomic E-state index is 11.4. The van der Waals surface area contributed by atoms with Crippen LogP contribution in [0.3, 0.4) is 0 Å². The molecule has 0 aliphatic heterocycles. The van der Waals surface area contributed by atoms with Crippen molar-refractivity contribution in [1.29, 1.82) is 0 Å². The summed E-state index contributed by atoms with van der Waals surface area (Å²) in [5.41, 5.74) is 7.06. The first-order valence-corrected chi connectivity index (χ1v) is 6.67. The number of benzene rings is 1. The normalized spacial score (nSPS) is 12.1. The Labute approximate surface area is 120 Å². The lowest BCUT2D eigenvalue weighted by molar-refractivity contribution is -0.138. The zero-order valence-corrected chi connectivity index (χ0v) is 12.8. The quantitative estimate of drug-likeness (QED) is 0.834. The summed E-state index contributed by atoms with van der Waals surface area (Å²) in [5.74, 6) is -0.914. The summed E-state index contributed by atoms with van der Waals surface area (Å²) in [4.78, 5) is 11.4. The fourth-order valence-electron chi connectivity index (χ4n) is 1.97. The van der Waals surface area contributed by atoms with Crippen LogP contribution in [-0.2, 0) is 11.2 Å². The van der Waals surface area contributed by atoms with Crippen LogP contribution in [0.2, 0.25) is 0 Å². The van der Waals surface area contributed by atoms with Gasteiger partial charge in [-0.2, -0.15) is 0 Å². The Morgan fingerprint density at radius 1 is 1.47 bits per heavy atom. The number of carbonyl (C=O) groups is 1. The van der Waals surface area contributed by atoms with Crippen LogP contribution in [0, 0.1) is 0 Å². The topological polar surface area (TPSA) is 81.8 Å². The van der Waals surface area contributed by atoms with E-state index in [1.165, 1.54) is 14.2 Å². The minimum absolute atomic E-state index is 0.0133. The summed E-state index contributed by atoms with van der Waals surface area (Å²) in [6, 6.07) is 1.84. The number of aliphatic carboxylic acids is 1. The Bertz CT molecular complexity index is 476. The van der Waals surface area contributed by atoms with Crippen LogP contribution in [0.25, 0.3) is 0 Å². The molecule has 0 radical (unpaired) electrons. The molecule has 0 saturated heterocycles. The van der Waals surface area contributed by atoms with Gasteiger partial charge in [0.05, 0.1) is 20.1 Å². The first-order chi connectivity index (χ1) is 9.01. The molecular formula is C13H18BrNO4. The molecule has 106 valence electrons. The van der Waals surface area contributed by atoms with Gasteiger partial charge in [0.15, 0.2) is 11.5 Å². The molecule has 0 aliphatic rings. The number of hydrogen-bond donors (Lipinski definition) is 2. The highest BCUT2D eigenvalue weighted by Gasteiger charge is 2.28. The molecule has 1 rings (SSSR count). The lowest BCUT2D eigenvalue weighted by atomic mass is 9.95.